The van der Waals surface area contributed by atoms with Crippen LogP contribution >= 0.6 is 0 Å². The van der Waals surface area contributed by atoms with Crippen LogP contribution in [0.3, 0.4) is 0 Å². The summed E-state index contributed by atoms with van der Waals surface area (Å²) in [5.74, 6) is -0.242. The average molecular weight is 359 g/mol. The Morgan fingerprint density at radius 1 is 1.08 bits per heavy atom. The number of amides is 3. The number of anilines is 2. The Balaban J connectivity index is 1.75. The number of carbonyl (C=O) groups excluding carboxylic acids is 3. The zero-order valence-electron chi connectivity index (χ0n) is 14.3. The number of benzene rings is 1. The zero-order chi connectivity index (χ0) is 18.4. The molecule has 2 aromatic rings. The van der Waals surface area contributed by atoms with Crippen molar-refractivity contribution in [3.8, 4) is 0 Å². The van der Waals surface area contributed by atoms with Crippen LogP contribution in [0.5, 0.6) is 0 Å². The van der Waals surface area contributed by atoms with Crippen molar-refractivity contribution in [2.75, 3.05) is 29.4 Å². The van der Waals surface area contributed by atoms with Crippen LogP contribution in [0, 0.1) is 5.82 Å². The summed E-state index contributed by atoms with van der Waals surface area (Å²) in [6, 6.07) is 2.84. The van der Waals surface area contributed by atoms with Gasteiger partial charge >= 0.3 is 6.03 Å². The van der Waals surface area contributed by atoms with Crippen LogP contribution in [0.4, 0.5) is 20.7 Å². The number of fused-ring (bicyclic) bond motifs is 1. The first-order valence-corrected chi connectivity index (χ1v) is 8.49. The Morgan fingerprint density at radius 3 is 2.50 bits per heavy atom. The summed E-state index contributed by atoms with van der Waals surface area (Å²) in [6.45, 7) is 1.18. The Labute approximate surface area is 148 Å². The highest BCUT2D eigenvalue weighted by molar-refractivity contribution is 6.09. The van der Waals surface area contributed by atoms with Gasteiger partial charge in [0.15, 0.2) is 11.6 Å². The maximum Gasteiger partial charge on any atom is 0.329 e. The average Bonchev–Trinajstić information content (AvgIpc) is 2.94. The molecule has 0 spiro atoms. The van der Waals surface area contributed by atoms with E-state index in [1.807, 2.05) is 4.90 Å². The van der Waals surface area contributed by atoms with Gasteiger partial charge in [-0.15, -0.1) is 0 Å². The number of nitrogens with one attached hydrogen (secondary N) is 1. The lowest BCUT2D eigenvalue weighted by molar-refractivity contribution is -0.120. The fraction of sp³-hybridized carbons (Fsp3) is 0.412. The lowest BCUT2D eigenvalue weighted by atomic mass is 10.1. The first-order chi connectivity index (χ1) is 12.5. The number of ketones is 1. The van der Waals surface area contributed by atoms with Crippen molar-refractivity contribution < 1.29 is 18.8 Å². The zero-order valence-corrected chi connectivity index (χ0v) is 14.3. The molecule has 0 aliphatic carbocycles. The van der Waals surface area contributed by atoms with Gasteiger partial charge in [0.1, 0.15) is 11.3 Å². The van der Waals surface area contributed by atoms with Crippen LogP contribution < -0.4 is 15.1 Å². The lowest BCUT2D eigenvalue weighted by Gasteiger charge is -2.28. The van der Waals surface area contributed by atoms with Crippen LogP contribution in [-0.4, -0.2) is 47.1 Å². The van der Waals surface area contributed by atoms with E-state index in [4.69, 9.17) is 0 Å². The monoisotopic (exact) mass is 359 g/mol. The molecular weight excluding hydrogens is 341 g/mol. The second-order valence-corrected chi connectivity index (χ2v) is 6.52. The number of piperidine rings is 1. The lowest BCUT2D eigenvalue weighted by Crippen LogP contribution is -2.49. The molecule has 2 aliphatic rings. The molecule has 0 radical (unpaired) electrons. The molecule has 4 rings (SSSR count). The number of rotatable bonds is 2. The van der Waals surface area contributed by atoms with Gasteiger partial charge in [-0.2, -0.15) is 5.10 Å². The highest BCUT2D eigenvalue weighted by Gasteiger charge is 2.30. The molecule has 3 heterocycles. The van der Waals surface area contributed by atoms with E-state index in [-0.39, 0.29) is 24.7 Å². The van der Waals surface area contributed by atoms with E-state index in [9.17, 15) is 14.4 Å². The van der Waals surface area contributed by atoms with E-state index in [2.05, 4.69) is 10.4 Å². The number of Topliss-reactive ketones (excluding diaryl/α,β-unsaturated/α-hetero) is 1. The SMILES string of the molecule is Cn1nc(N2CCC(=O)NC2=O)c2ccc(N3CCC(=O)CC3)c(F)c21. The van der Waals surface area contributed by atoms with Gasteiger partial charge in [-0.3, -0.25) is 24.5 Å². The van der Waals surface area contributed by atoms with Gasteiger partial charge in [0.2, 0.25) is 5.91 Å². The fourth-order valence-electron chi connectivity index (χ4n) is 3.50. The topological polar surface area (TPSA) is 87.5 Å². The van der Waals surface area contributed by atoms with Crippen molar-refractivity contribution in [2.45, 2.75) is 19.3 Å². The summed E-state index contributed by atoms with van der Waals surface area (Å²) in [5, 5.41) is 7.06. The number of halogens is 1. The summed E-state index contributed by atoms with van der Waals surface area (Å²) < 4.78 is 16.6. The van der Waals surface area contributed by atoms with Gasteiger partial charge in [0.25, 0.3) is 0 Å². The van der Waals surface area contributed by atoms with Crippen LogP contribution in [0.25, 0.3) is 10.9 Å². The number of aryl methyl sites for hydroxylation is 1. The number of hydrogen-bond donors (Lipinski definition) is 1. The van der Waals surface area contributed by atoms with Gasteiger partial charge < -0.3 is 4.90 Å². The first-order valence-electron chi connectivity index (χ1n) is 8.49. The maximum absolute atomic E-state index is 15.2. The quantitative estimate of drug-likeness (QED) is 0.874. The van der Waals surface area contributed by atoms with Crippen molar-refractivity contribution in [3.05, 3.63) is 17.9 Å². The predicted molar refractivity (Wildman–Crippen MR) is 92.6 cm³/mol. The predicted octanol–water partition coefficient (Wildman–Crippen LogP) is 1.33. The maximum atomic E-state index is 15.2. The molecule has 0 saturated carbocycles. The smallest absolute Gasteiger partial charge is 0.329 e. The normalized spacial score (nSPS) is 18.6. The largest absolute Gasteiger partial charge is 0.368 e. The molecule has 2 fully saturated rings. The van der Waals surface area contributed by atoms with Gasteiger partial charge in [-0.05, 0) is 12.1 Å². The van der Waals surface area contributed by atoms with E-state index >= 15 is 4.39 Å². The standard InChI is InChI=1S/C17H18FN5O3/c1-21-15-11(16(20-21)23-9-6-13(25)19-17(23)26)2-3-12(14(15)18)22-7-4-10(24)5-8-22/h2-3H,4-9H2,1H3,(H,19,25,26). The third kappa shape index (κ3) is 2.59. The number of hydrogen-bond acceptors (Lipinski definition) is 5. The van der Waals surface area contributed by atoms with Gasteiger partial charge in [0, 0.05) is 51.3 Å². The second kappa shape index (κ2) is 6.08. The molecule has 1 aromatic heterocycles. The summed E-state index contributed by atoms with van der Waals surface area (Å²) in [7, 11) is 1.62. The molecule has 9 heteroatoms. The van der Waals surface area contributed by atoms with E-state index in [0.717, 1.165) is 0 Å². The Morgan fingerprint density at radius 2 is 1.81 bits per heavy atom. The van der Waals surface area contributed by atoms with Crippen molar-refractivity contribution in [2.24, 2.45) is 7.05 Å². The molecular formula is C17H18FN5O3. The van der Waals surface area contributed by atoms with Crippen LogP contribution in [0.1, 0.15) is 19.3 Å². The fourth-order valence-corrected chi connectivity index (χ4v) is 3.50. The highest BCUT2D eigenvalue weighted by atomic mass is 19.1. The summed E-state index contributed by atoms with van der Waals surface area (Å²) in [5.41, 5.74) is 0.719. The van der Waals surface area contributed by atoms with E-state index < -0.39 is 11.8 Å². The van der Waals surface area contributed by atoms with Crippen LogP contribution in [0.2, 0.25) is 0 Å². The number of urea groups is 1. The minimum atomic E-state index is -0.555. The van der Waals surface area contributed by atoms with Crippen LogP contribution in [0.15, 0.2) is 12.1 Å². The van der Waals surface area contributed by atoms with Gasteiger partial charge in [-0.25, -0.2) is 9.18 Å². The van der Waals surface area contributed by atoms with E-state index in [1.165, 1.54) is 9.58 Å². The van der Waals surface area contributed by atoms with Crippen molar-refractivity contribution in [3.63, 3.8) is 0 Å². The third-order valence-corrected chi connectivity index (χ3v) is 4.88. The molecule has 0 bridgehead atoms. The molecule has 26 heavy (non-hydrogen) atoms. The third-order valence-electron chi connectivity index (χ3n) is 4.88. The molecule has 1 N–H and O–H groups in total. The number of nitrogens with zero attached hydrogens (tertiary/aromatic N) is 4. The molecule has 2 saturated heterocycles. The summed E-state index contributed by atoms with van der Waals surface area (Å²) in [4.78, 5) is 38.1. The number of aromatic nitrogens is 2. The molecule has 3 amide bonds. The number of imide groups is 1. The van der Waals surface area contributed by atoms with Crippen molar-refractivity contribution >= 4 is 40.1 Å². The number of carbonyl (C=O) groups is 3. The minimum Gasteiger partial charge on any atom is -0.368 e. The Hall–Kier alpha value is -2.97. The van der Waals surface area contributed by atoms with Crippen molar-refractivity contribution in [1.29, 1.82) is 0 Å². The second-order valence-electron chi connectivity index (χ2n) is 6.52. The molecule has 0 atom stereocenters. The minimum absolute atomic E-state index is 0.173. The summed E-state index contributed by atoms with van der Waals surface area (Å²) >= 11 is 0. The van der Waals surface area contributed by atoms with Gasteiger partial charge in [0.05, 0.1) is 5.69 Å². The molecule has 0 unspecified atom stereocenters. The van der Waals surface area contributed by atoms with E-state index in [0.29, 0.717) is 48.3 Å². The Kier molecular flexibility index (Phi) is 3.86. The molecule has 2 aliphatic heterocycles. The summed E-state index contributed by atoms with van der Waals surface area (Å²) in [6.07, 6.45) is 0.998. The van der Waals surface area contributed by atoms with Crippen molar-refractivity contribution in [1.82, 2.24) is 15.1 Å². The van der Waals surface area contributed by atoms with Gasteiger partial charge in [-0.1, -0.05) is 0 Å². The first kappa shape index (κ1) is 16.5. The van der Waals surface area contributed by atoms with Crippen LogP contribution in [-0.2, 0) is 16.6 Å². The highest BCUT2D eigenvalue weighted by Crippen LogP contribution is 2.34. The Bertz CT molecular complexity index is 928. The molecule has 136 valence electrons. The van der Waals surface area contributed by atoms with E-state index in [1.54, 1.807) is 19.2 Å². The molecule has 8 nitrogen and oxygen atoms in total. The molecule has 1 aromatic carbocycles.